The van der Waals surface area contributed by atoms with Gasteiger partial charge in [-0.3, -0.25) is 4.79 Å². The van der Waals surface area contributed by atoms with Gasteiger partial charge in [-0.1, -0.05) is 57.9 Å². The second-order valence-corrected chi connectivity index (χ2v) is 7.94. The number of hydrogen-bond donors (Lipinski definition) is 0. The third-order valence-electron chi connectivity index (χ3n) is 5.48. The molecule has 0 bridgehead atoms. The van der Waals surface area contributed by atoms with Gasteiger partial charge < -0.3 is 9.42 Å². The van der Waals surface area contributed by atoms with Gasteiger partial charge in [-0.25, -0.2) is 4.68 Å². The number of aromatic nitrogens is 5. The van der Waals surface area contributed by atoms with Crippen molar-refractivity contribution in [1.29, 1.82) is 0 Å². The molecule has 4 aromatic rings. The van der Waals surface area contributed by atoms with Crippen molar-refractivity contribution in [2.75, 3.05) is 13.1 Å². The molecule has 1 aliphatic rings. The van der Waals surface area contributed by atoms with Gasteiger partial charge in [0.15, 0.2) is 5.69 Å². The van der Waals surface area contributed by atoms with Crippen LogP contribution in [0.1, 0.15) is 33.9 Å². The first-order valence-corrected chi connectivity index (χ1v) is 10.3. The van der Waals surface area contributed by atoms with E-state index in [4.69, 9.17) is 4.52 Å². The average Bonchev–Trinajstić information content (AvgIpc) is 3.53. The van der Waals surface area contributed by atoms with Crippen molar-refractivity contribution >= 4 is 5.91 Å². The van der Waals surface area contributed by atoms with Gasteiger partial charge in [-0.15, -0.1) is 5.10 Å². The maximum Gasteiger partial charge on any atom is 0.280 e. The Labute approximate surface area is 179 Å². The number of carbonyl (C=O) groups excluding carboxylic acids is 1. The van der Waals surface area contributed by atoms with E-state index < -0.39 is 0 Å². The summed E-state index contributed by atoms with van der Waals surface area (Å²) in [7, 11) is 0. The monoisotopic (exact) mass is 414 g/mol. The lowest BCUT2D eigenvalue weighted by Gasteiger charge is -2.17. The van der Waals surface area contributed by atoms with Crippen LogP contribution in [0.2, 0.25) is 0 Å². The molecule has 156 valence electrons. The molecule has 0 spiro atoms. The summed E-state index contributed by atoms with van der Waals surface area (Å²) >= 11 is 0. The number of rotatable bonds is 4. The second kappa shape index (κ2) is 7.79. The van der Waals surface area contributed by atoms with Gasteiger partial charge in [-0.05, 0) is 32.4 Å². The predicted molar refractivity (Wildman–Crippen MR) is 114 cm³/mol. The molecule has 8 nitrogen and oxygen atoms in total. The fourth-order valence-electron chi connectivity index (χ4n) is 4.01. The lowest BCUT2D eigenvalue weighted by atomic mass is 10.1. The molecule has 0 unspecified atom stereocenters. The van der Waals surface area contributed by atoms with Crippen LogP contribution in [0.3, 0.4) is 0 Å². The number of likely N-dealkylation sites (tertiary alicyclic amines) is 1. The second-order valence-electron chi connectivity index (χ2n) is 7.94. The molecule has 0 saturated carbocycles. The lowest BCUT2D eigenvalue weighted by molar-refractivity contribution is 0.0786. The molecule has 5 rings (SSSR count). The molecule has 1 aliphatic heterocycles. The molecule has 0 radical (unpaired) electrons. The fraction of sp³-hybridized carbons (Fsp3) is 0.261. The molecule has 0 aliphatic carbocycles. The topological polar surface area (TPSA) is 89.9 Å². The Kier molecular flexibility index (Phi) is 4.82. The maximum absolute atomic E-state index is 12.9. The van der Waals surface area contributed by atoms with Crippen molar-refractivity contribution in [2.24, 2.45) is 0 Å². The predicted octanol–water partition coefficient (Wildman–Crippen LogP) is 3.70. The number of aryl methyl sites for hydroxylation is 2. The summed E-state index contributed by atoms with van der Waals surface area (Å²) in [5, 5.41) is 12.5. The Hall–Kier alpha value is -3.81. The van der Waals surface area contributed by atoms with Crippen molar-refractivity contribution in [1.82, 2.24) is 30.0 Å². The molecular formula is C23H22N6O2. The summed E-state index contributed by atoms with van der Waals surface area (Å²) in [5.74, 6) is 0.890. The minimum atomic E-state index is 0.0547. The zero-order valence-corrected chi connectivity index (χ0v) is 17.4. The first-order valence-electron chi connectivity index (χ1n) is 10.3. The molecular weight excluding hydrogens is 392 g/mol. The minimum absolute atomic E-state index is 0.0547. The Morgan fingerprint density at radius 1 is 1.10 bits per heavy atom. The smallest absolute Gasteiger partial charge is 0.280 e. The zero-order valence-electron chi connectivity index (χ0n) is 17.4. The maximum atomic E-state index is 12.9. The van der Waals surface area contributed by atoms with Crippen LogP contribution in [-0.2, 0) is 0 Å². The molecule has 1 atom stereocenters. The number of benzene rings is 2. The normalized spacial score (nSPS) is 16.1. The largest absolute Gasteiger partial charge is 0.336 e. The van der Waals surface area contributed by atoms with Gasteiger partial charge in [-0.2, -0.15) is 4.98 Å². The summed E-state index contributed by atoms with van der Waals surface area (Å²) in [4.78, 5) is 19.2. The van der Waals surface area contributed by atoms with E-state index in [1.807, 2.05) is 61.2 Å². The van der Waals surface area contributed by atoms with E-state index in [1.54, 1.807) is 10.9 Å². The minimum Gasteiger partial charge on any atom is -0.336 e. The molecule has 1 saturated heterocycles. The van der Waals surface area contributed by atoms with Crippen molar-refractivity contribution in [2.45, 2.75) is 26.3 Å². The van der Waals surface area contributed by atoms with Crippen LogP contribution in [0.25, 0.3) is 23.0 Å². The van der Waals surface area contributed by atoms with Crippen LogP contribution in [0, 0.1) is 13.8 Å². The molecule has 1 fully saturated rings. The molecule has 2 aromatic carbocycles. The van der Waals surface area contributed by atoms with Gasteiger partial charge in [0.05, 0.1) is 12.2 Å². The Balaban J connectivity index is 1.30. The van der Waals surface area contributed by atoms with E-state index in [1.165, 1.54) is 0 Å². The quantitative estimate of drug-likeness (QED) is 0.506. The first kappa shape index (κ1) is 19.2. The third-order valence-corrected chi connectivity index (χ3v) is 5.48. The Morgan fingerprint density at radius 3 is 2.65 bits per heavy atom. The number of hydrogen-bond acceptors (Lipinski definition) is 6. The zero-order chi connectivity index (χ0) is 21.4. The van der Waals surface area contributed by atoms with E-state index in [2.05, 4.69) is 26.5 Å². The van der Waals surface area contributed by atoms with E-state index in [9.17, 15) is 4.79 Å². The molecule has 3 heterocycles. The first-order chi connectivity index (χ1) is 15.1. The van der Waals surface area contributed by atoms with Crippen LogP contribution in [-0.4, -0.2) is 49.0 Å². The van der Waals surface area contributed by atoms with Gasteiger partial charge in [0, 0.05) is 24.2 Å². The van der Waals surface area contributed by atoms with Crippen molar-refractivity contribution < 1.29 is 9.32 Å². The highest BCUT2D eigenvalue weighted by atomic mass is 16.5. The van der Waals surface area contributed by atoms with Gasteiger partial charge >= 0.3 is 0 Å². The molecule has 1 amide bonds. The highest BCUT2D eigenvalue weighted by Gasteiger charge is 2.29. The van der Waals surface area contributed by atoms with Crippen molar-refractivity contribution in [3.8, 4) is 23.0 Å². The van der Waals surface area contributed by atoms with Gasteiger partial charge in [0.2, 0.25) is 5.82 Å². The summed E-state index contributed by atoms with van der Waals surface area (Å²) in [6.45, 7) is 5.29. The Bertz CT molecular complexity index is 1210. The van der Waals surface area contributed by atoms with Crippen LogP contribution >= 0.6 is 0 Å². The summed E-state index contributed by atoms with van der Waals surface area (Å²) < 4.78 is 7.17. The van der Waals surface area contributed by atoms with Gasteiger partial charge in [0.25, 0.3) is 11.8 Å². The standard InChI is InChI=1S/C23H22N6O2/c1-15-10-16(2)12-18(11-15)23(30)28-9-8-19(13-28)29-14-20(25-27-29)22-24-21(26-31-22)17-6-4-3-5-7-17/h3-7,10-12,14,19H,8-9,13H2,1-2H3/t19-/m0/s1. The van der Waals surface area contributed by atoms with Crippen LogP contribution in [0.5, 0.6) is 0 Å². The lowest BCUT2D eigenvalue weighted by Crippen LogP contribution is -2.29. The van der Waals surface area contributed by atoms with Crippen LogP contribution < -0.4 is 0 Å². The highest BCUT2D eigenvalue weighted by molar-refractivity contribution is 5.94. The molecule has 31 heavy (non-hydrogen) atoms. The van der Waals surface area contributed by atoms with Crippen molar-refractivity contribution in [3.63, 3.8) is 0 Å². The van der Waals surface area contributed by atoms with Crippen LogP contribution in [0.15, 0.2) is 59.3 Å². The van der Waals surface area contributed by atoms with Crippen molar-refractivity contribution in [3.05, 3.63) is 71.4 Å². The molecule has 8 heteroatoms. The molecule has 2 aromatic heterocycles. The molecule has 0 N–H and O–H groups in total. The third kappa shape index (κ3) is 3.84. The van der Waals surface area contributed by atoms with E-state index in [0.29, 0.717) is 30.5 Å². The van der Waals surface area contributed by atoms with E-state index in [0.717, 1.165) is 28.7 Å². The average molecular weight is 414 g/mol. The number of nitrogens with zero attached hydrogens (tertiary/aromatic N) is 6. The summed E-state index contributed by atoms with van der Waals surface area (Å²) in [5.41, 5.74) is 4.32. The van der Waals surface area contributed by atoms with Gasteiger partial charge in [0.1, 0.15) is 0 Å². The fourth-order valence-corrected chi connectivity index (χ4v) is 4.01. The van der Waals surface area contributed by atoms with E-state index in [-0.39, 0.29) is 11.9 Å². The Morgan fingerprint density at radius 2 is 1.87 bits per heavy atom. The van der Waals surface area contributed by atoms with E-state index >= 15 is 0 Å². The SMILES string of the molecule is Cc1cc(C)cc(C(=O)N2CC[C@H](n3cc(-c4nc(-c5ccccc5)no4)nn3)C2)c1. The highest BCUT2D eigenvalue weighted by Crippen LogP contribution is 2.26. The van der Waals surface area contributed by atoms with Crippen LogP contribution in [0.4, 0.5) is 0 Å². The number of amides is 1. The summed E-state index contributed by atoms with van der Waals surface area (Å²) in [6.07, 6.45) is 2.62. The summed E-state index contributed by atoms with van der Waals surface area (Å²) in [6, 6.07) is 15.6. The number of carbonyl (C=O) groups is 1.